The van der Waals surface area contributed by atoms with E-state index in [2.05, 4.69) is 16.2 Å². The van der Waals surface area contributed by atoms with Crippen molar-refractivity contribution in [3.63, 3.8) is 0 Å². The van der Waals surface area contributed by atoms with E-state index in [9.17, 15) is 0 Å². The van der Waals surface area contributed by atoms with Gasteiger partial charge in [0.05, 0.1) is 16.4 Å². The first-order chi connectivity index (χ1) is 6.65. The highest BCUT2D eigenvalue weighted by atomic mass is 35.5. The molecule has 0 radical (unpaired) electrons. The van der Waals surface area contributed by atoms with Crippen LogP contribution in [0.3, 0.4) is 0 Å². The number of nitrogens with one attached hydrogen (secondary N) is 1. The summed E-state index contributed by atoms with van der Waals surface area (Å²) in [6, 6.07) is 2.07. The highest BCUT2D eigenvalue weighted by Crippen LogP contribution is 2.24. The molecule has 0 amide bonds. The lowest BCUT2D eigenvalue weighted by molar-refractivity contribution is 0.828. The van der Waals surface area contributed by atoms with Gasteiger partial charge in [0.1, 0.15) is 0 Å². The van der Waals surface area contributed by atoms with Crippen molar-refractivity contribution in [1.29, 1.82) is 0 Å². The lowest BCUT2D eigenvalue weighted by Gasteiger charge is -2.14. The number of rotatable bonds is 3. The molecule has 1 unspecified atom stereocenters. The Bertz CT molecular complexity index is 355. The quantitative estimate of drug-likeness (QED) is 0.773. The van der Waals surface area contributed by atoms with E-state index in [0.29, 0.717) is 11.4 Å². The topological polar surface area (TPSA) is 24.9 Å². The molecule has 0 aliphatic carbocycles. The zero-order chi connectivity index (χ0) is 10.6. The Labute approximate surface area is 89.7 Å². The Morgan fingerprint density at radius 3 is 3.07 bits per heavy atom. The van der Waals surface area contributed by atoms with Crippen LogP contribution in [0.5, 0.6) is 0 Å². The van der Waals surface area contributed by atoms with Gasteiger partial charge in [-0.15, -0.1) is 12.3 Å². The fourth-order valence-electron chi connectivity index (χ4n) is 1.15. The van der Waals surface area contributed by atoms with Crippen molar-refractivity contribution in [3.05, 3.63) is 23.0 Å². The lowest BCUT2D eigenvalue weighted by atomic mass is 10.2. The van der Waals surface area contributed by atoms with Crippen LogP contribution >= 0.6 is 11.6 Å². The van der Waals surface area contributed by atoms with Crippen LogP contribution in [0.2, 0.25) is 5.02 Å². The Morgan fingerprint density at radius 2 is 2.43 bits per heavy atom. The van der Waals surface area contributed by atoms with E-state index in [-0.39, 0.29) is 6.04 Å². The second kappa shape index (κ2) is 4.88. The number of pyridine rings is 1. The molecule has 1 rings (SSSR count). The molecular weight excluding hydrogens is 196 g/mol. The number of terminal acetylenes is 1. The molecule has 1 atom stereocenters. The highest BCUT2D eigenvalue weighted by Gasteiger charge is 2.06. The second-order valence-corrected chi connectivity index (χ2v) is 3.59. The highest BCUT2D eigenvalue weighted by molar-refractivity contribution is 6.33. The third-order valence-corrected chi connectivity index (χ3v) is 2.37. The van der Waals surface area contributed by atoms with Gasteiger partial charge in [-0.05, 0) is 19.9 Å². The normalized spacial score (nSPS) is 11.9. The number of nitrogens with zero attached hydrogens (tertiary/aromatic N) is 1. The number of hydrogen-bond donors (Lipinski definition) is 1. The molecule has 74 valence electrons. The molecule has 3 heteroatoms. The summed E-state index contributed by atoms with van der Waals surface area (Å²) in [5.41, 5.74) is 1.71. The number of halogens is 1. The summed E-state index contributed by atoms with van der Waals surface area (Å²) in [4.78, 5) is 4.08. The number of aromatic nitrogens is 1. The predicted molar refractivity (Wildman–Crippen MR) is 60.5 cm³/mol. The molecule has 0 spiro atoms. The minimum atomic E-state index is 0.222. The van der Waals surface area contributed by atoms with Gasteiger partial charge in [0.25, 0.3) is 0 Å². The fraction of sp³-hybridized carbons (Fsp3) is 0.364. The number of hydrogen-bond acceptors (Lipinski definition) is 2. The van der Waals surface area contributed by atoms with Crippen molar-refractivity contribution in [1.82, 2.24) is 4.98 Å². The molecule has 0 aliphatic heterocycles. The van der Waals surface area contributed by atoms with Crippen LogP contribution in [0, 0.1) is 19.3 Å². The van der Waals surface area contributed by atoms with Crippen LogP contribution in [0.15, 0.2) is 12.3 Å². The van der Waals surface area contributed by atoms with Gasteiger partial charge in [-0.25, -0.2) is 0 Å². The molecule has 0 fully saturated rings. The van der Waals surface area contributed by atoms with Gasteiger partial charge in [-0.3, -0.25) is 4.98 Å². The molecule has 1 N–H and O–H groups in total. The van der Waals surface area contributed by atoms with E-state index in [1.165, 1.54) is 0 Å². The second-order valence-electron chi connectivity index (χ2n) is 3.21. The molecule has 2 nitrogen and oxygen atoms in total. The van der Waals surface area contributed by atoms with E-state index in [1.807, 2.05) is 19.9 Å². The van der Waals surface area contributed by atoms with Crippen LogP contribution in [0.25, 0.3) is 0 Å². The molecule has 1 aromatic rings. The van der Waals surface area contributed by atoms with Crippen LogP contribution in [-0.4, -0.2) is 11.0 Å². The standard InChI is InChI=1S/C11H13ClN2/c1-4-5-8(2)14-10-6-7-13-9(3)11(10)12/h1,6-8H,5H2,2-3H3,(H,13,14). The van der Waals surface area contributed by atoms with Gasteiger partial charge in [0.2, 0.25) is 0 Å². The van der Waals surface area contributed by atoms with Crippen molar-refractivity contribution >= 4 is 17.3 Å². The summed E-state index contributed by atoms with van der Waals surface area (Å²) in [7, 11) is 0. The van der Waals surface area contributed by atoms with Crippen molar-refractivity contribution in [2.24, 2.45) is 0 Å². The molecule has 0 saturated heterocycles. The van der Waals surface area contributed by atoms with Crippen LogP contribution in [0.4, 0.5) is 5.69 Å². The van der Waals surface area contributed by atoms with Crippen molar-refractivity contribution in [2.75, 3.05) is 5.32 Å². The van der Waals surface area contributed by atoms with Crippen LogP contribution in [0.1, 0.15) is 19.0 Å². The van der Waals surface area contributed by atoms with E-state index in [0.717, 1.165) is 11.4 Å². The molecule has 1 aromatic heterocycles. The minimum absolute atomic E-state index is 0.222. The van der Waals surface area contributed by atoms with Gasteiger partial charge in [-0.2, -0.15) is 0 Å². The summed E-state index contributed by atoms with van der Waals surface area (Å²) in [6.45, 7) is 3.89. The van der Waals surface area contributed by atoms with E-state index in [4.69, 9.17) is 18.0 Å². The maximum atomic E-state index is 6.06. The number of anilines is 1. The Balaban J connectivity index is 2.77. The predicted octanol–water partition coefficient (Wildman–Crippen LogP) is 2.87. The molecule has 0 aliphatic rings. The smallest absolute Gasteiger partial charge is 0.0849 e. The maximum absolute atomic E-state index is 6.06. The molecular formula is C11H13ClN2. The summed E-state index contributed by atoms with van der Waals surface area (Å²) < 4.78 is 0. The summed E-state index contributed by atoms with van der Waals surface area (Å²) in [5.74, 6) is 2.60. The summed E-state index contributed by atoms with van der Waals surface area (Å²) >= 11 is 6.06. The SMILES string of the molecule is C#CCC(C)Nc1ccnc(C)c1Cl. The molecule has 0 bridgehead atoms. The van der Waals surface area contributed by atoms with Crippen molar-refractivity contribution in [3.8, 4) is 12.3 Å². The Kier molecular flexibility index (Phi) is 3.79. The van der Waals surface area contributed by atoms with Crippen LogP contribution in [-0.2, 0) is 0 Å². The first-order valence-electron chi connectivity index (χ1n) is 4.46. The Hall–Kier alpha value is -1.20. The van der Waals surface area contributed by atoms with Crippen LogP contribution < -0.4 is 5.32 Å². The van der Waals surface area contributed by atoms with Gasteiger partial charge < -0.3 is 5.32 Å². The zero-order valence-electron chi connectivity index (χ0n) is 8.34. The molecule has 14 heavy (non-hydrogen) atoms. The molecule has 1 heterocycles. The average Bonchev–Trinajstić information content (AvgIpc) is 2.13. The summed E-state index contributed by atoms with van der Waals surface area (Å²) in [6.07, 6.45) is 7.62. The van der Waals surface area contributed by atoms with Crippen molar-refractivity contribution in [2.45, 2.75) is 26.3 Å². The first-order valence-corrected chi connectivity index (χ1v) is 4.84. The van der Waals surface area contributed by atoms with E-state index < -0.39 is 0 Å². The minimum Gasteiger partial charge on any atom is -0.380 e. The third-order valence-electron chi connectivity index (χ3n) is 1.89. The maximum Gasteiger partial charge on any atom is 0.0849 e. The molecule has 0 aromatic carbocycles. The monoisotopic (exact) mass is 208 g/mol. The van der Waals surface area contributed by atoms with E-state index >= 15 is 0 Å². The third kappa shape index (κ3) is 2.65. The largest absolute Gasteiger partial charge is 0.380 e. The van der Waals surface area contributed by atoms with Gasteiger partial charge in [0.15, 0.2) is 0 Å². The zero-order valence-corrected chi connectivity index (χ0v) is 9.10. The molecule has 0 saturated carbocycles. The Morgan fingerprint density at radius 1 is 1.71 bits per heavy atom. The fourth-order valence-corrected chi connectivity index (χ4v) is 1.32. The average molecular weight is 209 g/mol. The first kappa shape index (κ1) is 10.9. The van der Waals surface area contributed by atoms with E-state index in [1.54, 1.807) is 6.20 Å². The van der Waals surface area contributed by atoms with Gasteiger partial charge in [0, 0.05) is 18.7 Å². The van der Waals surface area contributed by atoms with Crippen molar-refractivity contribution < 1.29 is 0 Å². The number of aryl methyl sites for hydroxylation is 1. The van der Waals surface area contributed by atoms with Gasteiger partial charge in [-0.1, -0.05) is 11.6 Å². The lowest BCUT2D eigenvalue weighted by Crippen LogP contribution is -2.14. The summed E-state index contributed by atoms with van der Waals surface area (Å²) in [5, 5.41) is 3.90. The van der Waals surface area contributed by atoms with Gasteiger partial charge >= 0.3 is 0 Å².